The first-order chi connectivity index (χ1) is 8.65. The molecule has 0 aliphatic carbocycles. The van der Waals surface area contributed by atoms with Crippen molar-refractivity contribution in [2.45, 2.75) is 6.92 Å². The van der Waals surface area contributed by atoms with E-state index in [0.717, 1.165) is 38.0 Å². The van der Waals surface area contributed by atoms with Crippen molar-refractivity contribution in [3.8, 4) is 11.1 Å². The number of nitrogens with one attached hydrogen (secondary N) is 1. The van der Waals surface area contributed by atoms with Gasteiger partial charge >= 0.3 is 0 Å². The summed E-state index contributed by atoms with van der Waals surface area (Å²) in [5.41, 5.74) is 10.4. The molecule has 3 aromatic rings. The number of pyridine rings is 1. The fourth-order valence-electron chi connectivity index (χ4n) is 1.95. The maximum Gasteiger partial charge on any atom is 0.181 e. The van der Waals surface area contributed by atoms with Crippen molar-refractivity contribution in [2.24, 2.45) is 0 Å². The molecule has 0 saturated carbocycles. The number of aryl methyl sites for hydroxylation is 1. The molecule has 0 saturated heterocycles. The number of H-pyrrole nitrogens is 1. The van der Waals surface area contributed by atoms with E-state index in [1.165, 1.54) is 0 Å². The second-order valence-electron chi connectivity index (χ2n) is 4.18. The number of rotatable bonds is 1. The molecule has 0 bridgehead atoms. The number of nitrogens with two attached hydrogens (primary N) is 1. The number of benzene rings is 1. The van der Waals surface area contributed by atoms with E-state index in [2.05, 4.69) is 37.2 Å². The first kappa shape index (κ1) is 11.2. The van der Waals surface area contributed by atoms with E-state index in [9.17, 15) is 0 Å². The average Bonchev–Trinajstić information content (AvgIpc) is 2.74. The van der Waals surface area contributed by atoms with Crippen molar-refractivity contribution >= 4 is 32.7 Å². The highest BCUT2D eigenvalue weighted by molar-refractivity contribution is 9.10. The lowest BCUT2D eigenvalue weighted by Gasteiger charge is -2.06. The molecule has 0 radical (unpaired) electrons. The first-order valence-electron chi connectivity index (χ1n) is 5.51. The molecule has 2 heterocycles. The summed E-state index contributed by atoms with van der Waals surface area (Å²) in [6, 6.07) is 7.85. The summed E-state index contributed by atoms with van der Waals surface area (Å²) in [5.74, 6) is 0. The highest BCUT2D eigenvalue weighted by Gasteiger charge is 2.08. The number of anilines is 1. The third-order valence-corrected chi connectivity index (χ3v) is 3.42. The molecule has 5 heteroatoms. The van der Waals surface area contributed by atoms with E-state index < -0.39 is 0 Å². The van der Waals surface area contributed by atoms with Gasteiger partial charge in [-0.1, -0.05) is 15.9 Å². The Bertz CT molecular complexity index is 733. The van der Waals surface area contributed by atoms with E-state index in [-0.39, 0.29) is 0 Å². The van der Waals surface area contributed by atoms with Crippen LogP contribution in [0, 0.1) is 6.92 Å². The number of nitrogens with zero attached hydrogens (tertiary/aromatic N) is 2. The largest absolute Gasteiger partial charge is 0.398 e. The summed E-state index contributed by atoms with van der Waals surface area (Å²) >= 11 is 3.46. The van der Waals surface area contributed by atoms with Crippen LogP contribution >= 0.6 is 15.9 Å². The number of nitrogen functional groups attached to an aromatic ring is 1. The summed E-state index contributed by atoms with van der Waals surface area (Å²) in [6.45, 7) is 1.98. The number of aromatic amines is 1. The second-order valence-corrected chi connectivity index (χ2v) is 5.09. The Kier molecular flexibility index (Phi) is 2.56. The van der Waals surface area contributed by atoms with Gasteiger partial charge in [-0.3, -0.25) is 5.10 Å². The van der Waals surface area contributed by atoms with Gasteiger partial charge in [0.15, 0.2) is 5.65 Å². The first-order valence-corrected chi connectivity index (χ1v) is 6.30. The molecule has 1 aromatic carbocycles. The molecular formula is C13H11BrN4. The molecule has 0 spiro atoms. The quantitative estimate of drug-likeness (QED) is 0.678. The van der Waals surface area contributed by atoms with E-state index in [1.54, 1.807) is 6.20 Å². The van der Waals surface area contributed by atoms with Gasteiger partial charge in [-0.2, -0.15) is 5.10 Å². The fourth-order valence-corrected chi connectivity index (χ4v) is 2.31. The van der Waals surface area contributed by atoms with Crippen LogP contribution in [0.25, 0.3) is 22.2 Å². The summed E-state index contributed by atoms with van der Waals surface area (Å²) < 4.78 is 0.996. The van der Waals surface area contributed by atoms with Crippen molar-refractivity contribution in [1.82, 2.24) is 15.2 Å². The molecule has 3 rings (SSSR count). The molecule has 90 valence electrons. The van der Waals surface area contributed by atoms with E-state index in [0.29, 0.717) is 0 Å². The third kappa shape index (κ3) is 1.76. The Balaban J connectivity index is 2.24. The zero-order valence-electron chi connectivity index (χ0n) is 9.74. The minimum absolute atomic E-state index is 0.727. The molecule has 0 amide bonds. The Hall–Kier alpha value is -1.88. The van der Waals surface area contributed by atoms with Gasteiger partial charge in [-0.25, -0.2) is 4.98 Å². The van der Waals surface area contributed by atoms with Crippen LogP contribution in [0.1, 0.15) is 5.69 Å². The Morgan fingerprint density at radius 2 is 2.11 bits per heavy atom. The molecule has 0 fully saturated rings. The molecule has 18 heavy (non-hydrogen) atoms. The molecule has 2 aromatic heterocycles. The predicted molar refractivity (Wildman–Crippen MR) is 76.2 cm³/mol. The van der Waals surface area contributed by atoms with Crippen LogP contribution in [-0.4, -0.2) is 15.2 Å². The number of hydrogen-bond donors (Lipinski definition) is 2. The van der Waals surface area contributed by atoms with Crippen molar-refractivity contribution in [3.63, 3.8) is 0 Å². The van der Waals surface area contributed by atoms with Gasteiger partial charge in [-0.15, -0.1) is 0 Å². The van der Waals surface area contributed by atoms with Gasteiger partial charge in [0, 0.05) is 38.6 Å². The standard InChI is InChI=1S/C13H11BrN4/c1-7-10-4-8(6-16-13(10)18-17-7)11-5-9(14)2-3-12(11)15/h2-6H,15H2,1H3,(H,16,17,18). The summed E-state index contributed by atoms with van der Waals surface area (Å²) in [7, 11) is 0. The van der Waals surface area contributed by atoms with Crippen molar-refractivity contribution < 1.29 is 0 Å². The lowest BCUT2D eigenvalue weighted by molar-refractivity contribution is 1.05. The number of halogens is 1. The van der Waals surface area contributed by atoms with Crippen LogP contribution in [-0.2, 0) is 0 Å². The second kappa shape index (κ2) is 4.10. The Morgan fingerprint density at radius 3 is 2.94 bits per heavy atom. The van der Waals surface area contributed by atoms with Crippen LogP contribution < -0.4 is 5.73 Å². The minimum Gasteiger partial charge on any atom is -0.398 e. The highest BCUT2D eigenvalue weighted by atomic mass is 79.9. The van der Waals surface area contributed by atoms with E-state index in [1.807, 2.05) is 25.1 Å². The monoisotopic (exact) mass is 302 g/mol. The van der Waals surface area contributed by atoms with Crippen LogP contribution in [0.4, 0.5) is 5.69 Å². The van der Waals surface area contributed by atoms with Crippen LogP contribution in [0.2, 0.25) is 0 Å². The zero-order chi connectivity index (χ0) is 12.7. The van der Waals surface area contributed by atoms with Gasteiger partial charge in [0.25, 0.3) is 0 Å². The topological polar surface area (TPSA) is 67.6 Å². The fraction of sp³-hybridized carbons (Fsp3) is 0.0769. The normalized spacial score (nSPS) is 11.0. The van der Waals surface area contributed by atoms with Crippen LogP contribution in [0.5, 0.6) is 0 Å². The average molecular weight is 303 g/mol. The molecule has 0 atom stereocenters. The van der Waals surface area contributed by atoms with Gasteiger partial charge in [0.05, 0.1) is 0 Å². The predicted octanol–water partition coefficient (Wildman–Crippen LogP) is 3.28. The van der Waals surface area contributed by atoms with E-state index >= 15 is 0 Å². The van der Waals surface area contributed by atoms with Crippen molar-refractivity contribution in [1.29, 1.82) is 0 Å². The SMILES string of the molecule is Cc1[nH]nc2ncc(-c3cc(Br)ccc3N)cc12. The maximum atomic E-state index is 6.01. The lowest BCUT2D eigenvalue weighted by atomic mass is 10.0. The Morgan fingerprint density at radius 1 is 1.28 bits per heavy atom. The number of hydrogen-bond acceptors (Lipinski definition) is 3. The molecule has 3 N–H and O–H groups in total. The summed E-state index contributed by atoms with van der Waals surface area (Å²) in [6.07, 6.45) is 1.79. The van der Waals surface area contributed by atoms with Crippen LogP contribution in [0.3, 0.4) is 0 Å². The lowest BCUT2D eigenvalue weighted by Crippen LogP contribution is -1.90. The maximum absolute atomic E-state index is 6.01. The van der Waals surface area contributed by atoms with Crippen molar-refractivity contribution in [2.75, 3.05) is 5.73 Å². The smallest absolute Gasteiger partial charge is 0.181 e. The minimum atomic E-state index is 0.727. The Labute approximate surface area is 112 Å². The van der Waals surface area contributed by atoms with Gasteiger partial charge in [0.1, 0.15) is 0 Å². The van der Waals surface area contributed by atoms with Gasteiger partial charge < -0.3 is 5.73 Å². The van der Waals surface area contributed by atoms with Gasteiger partial charge in [0.2, 0.25) is 0 Å². The molecular weight excluding hydrogens is 292 g/mol. The highest BCUT2D eigenvalue weighted by Crippen LogP contribution is 2.30. The molecule has 0 unspecified atom stereocenters. The number of aromatic nitrogens is 3. The molecule has 0 aliphatic rings. The zero-order valence-corrected chi connectivity index (χ0v) is 11.3. The van der Waals surface area contributed by atoms with Gasteiger partial charge in [-0.05, 0) is 31.2 Å². The van der Waals surface area contributed by atoms with Crippen molar-refractivity contribution in [3.05, 3.63) is 40.6 Å². The molecule has 4 nitrogen and oxygen atoms in total. The summed E-state index contributed by atoms with van der Waals surface area (Å²) in [4.78, 5) is 4.34. The molecule has 0 aliphatic heterocycles. The van der Waals surface area contributed by atoms with E-state index in [4.69, 9.17) is 5.73 Å². The summed E-state index contributed by atoms with van der Waals surface area (Å²) in [5, 5.41) is 8.06. The van der Waals surface area contributed by atoms with Crippen LogP contribution in [0.15, 0.2) is 34.9 Å². The number of fused-ring (bicyclic) bond motifs is 1. The third-order valence-electron chi connectivity index (χ3n) is 2.93.